The summed E-state index contributed by atoms with van der Waals surface area (Å²) >= 11 is 3.82. The van der Waals surface area contributed by atoms with Crippen LogP contribution in [-0.2, 0) is 5.41 Å². The van der Waals surface area contributed by atoms with Crippen LogP contribution in [0.4, 0.5) is 17.3 Å². The molecule has 1 aliphatic heterocycles. The lowest BCUT2D eigenvalue weighted by Crippen LogP contribution is -2.36. The molecule has 7 aromatic rings. The van der Waals surface area contributed by atoms with Gasteiger partial charge < -0.3 is 0 Å². The molecule has 2 heterocycles. The van der Waals surface area contributed by atoms with Gasteiger partial charge in [0.2, 0.25) is 5.95 Å². The van der Waals surface area contributed by atoms with Crippen LogP contribution >= 0.6 is 15.9 Å². The highest BCUT2D eigenvalue weighted by atomic mass is 79.9. The molecule has 0 amide bonds. The van der Waals surface area contributed by atoms with E-state index in [1.807, 2.05) is 12.1 Å². The topological polar surface area (TPSA) is 29.0 Å². The van der Waals surface area contributed by atoms with Crippen molar-refractivity contribution >= 4 is 33.3 Å². The molecule has 1 aliphatic carbocycles. The summed E-state index contributed by atoms with van der Waals surface area (Å²) in [6, 6.07) is 55.9. The Kier molecular flexibility index (Phi) is 5.87. The SMILES string of the molecule is Brc1ccc2c(c1)C1(c3ccccc3-2)c2ccccc2N(c2nc(-c3ccccc3)cc(-c3ccccc3)n2)c2ccccc21. The lowest BCUT2D eigenvalue weighted by atomic mass is 9.65. The molecule has 0 bridgehead atoms. The van der Waals surface area contributed by atoms with Crippen molar-refractivity contribution in [2.45, 2.75) is 5.41 Å². The molecule has 3 nitrogen and oxygen atoms in total. The lowest BCUT2D eigenvalue weighted by molar-refractivity contribution is 0.749. The summed E-state index contributed by atoms with van der Waals surface area (Å²) in [5, 5.41) is 0. The summed E-state index contributed by atoms with van der Waals surface area (Å²) in [6.07, 6.45) is 0. The second kappa shape index (κ2) is 10.1. The van der Waals surface area contributed by atoms with Crippen molar-refractivity contribution in [1.82, 2.24) is 9.97 Å². The van der Waals surface area contributed by atoms with Crippen LogP contribution in [0.1, 0.15) is 22.3 Å². The molecule has 212 valence electrons. The Bertz CT molecular complexity index is 2140. The molecule has 0 N–H and O–H groups in total. The zero-order chi connectivity index (χ0) is 30.0. The summed E-state index contributed by atoms with van der Waals surface area (Å²) < 4.78 is 1.07. The average molecular weight is 641 g/mol. The zero-order valence-electron chi connectivity index (χ0n) is 24.2. The van der Waals surface area contributed by atoms with E-state index < -0.39 is 5.41 Å². The van der Waals surface area contributed by atoms with Crippen molar-refractivity contribution in [3.05, 3.63) is 184 Å². The highest BCUT2D eigenvalue weighted by Crippen LogP contribution is 2.63. The molecule has 1 aromatic heterocycles. The molecule has 0 atom stereocenters. The molecule has 0 saturated heterocycles. The lowest BCUT2D eigenvalue weighted by Gasteiger charge is -2.44. The van der Waals surface area contributed by atoms with Crippen LogP contribution < -0.4 is 4.90 Å². The predicted octanol–water partition coefficient (Wildman–Crippen LogP) is 10.7. The van der Waals surface area contributed by atoms with E-state index in [2.05, 4.69) is 166 Å². The predicted molar refractivity (Wildman–Crippen MR) is 186 cm³/mol. The average Bonchev–Trinajstić information content (AvgIpc) is 3.39. The van der Waals surface area contributed by atoms with Crippen molar-refractivity contribution < 1.29 is 0 Å². The number of anilines is 3. The Morgan fingerprint density at radius 1 is 0.444 bits per heavy atom. The van der Waals surface area contributed by atoms with Crippen LogP contribution in [0.3, 0.4) is 0 Å². The standard InChI is InChI=1S/C41H26BrN3/c42-29-23-24-31-30-17-7-8-18-32(30)41(35(31)25-29)33-19-9-11-21-38(33)45(39-22-12-10-20-34(39)41)40-43-36(27-13-3-1-4-14-27)26-37(44-40)28-15-5-2-6-16-28/h1-26H. The van der Waals surface area contributed by atoms with Crippen molar-refractivity contribution in [2.75, 3.05) is 4.90 Å². The van der Waals surface area contributed by atoms with Gasteiger partial charge in [0.1, 0.15) is 0 Å². The highest BCUT2D eigenvalue weighted by molar-refractivity contribution is 9.10. The van der Waals surface area contributed by atoms with Gasteiger partial charge in [0, 0.05) is 15.6 Å². The second-order valence-corrected chi connectivity index (χ2v) is 12.4. The van der Waals surface area contributed by atoms with Crippen molar-refractivity contribution in [3.8, 4) is 33.6 Å². The van der Waals surface area contributed by atoms with Crippen LogP contribution in [0, 0.1) is 0 Å². The molecule has 4 heteroatoms. The van der Waals surface area contributed by atoms with Gasteiger partial charge in [-0.25, -0.2) is 9.97 Å². The summed E-state index contributed by atoms with van der Waals surface area (Å²) in [7, 11) is 0. The summed E-state index contributed by atoms with van der Waals surface area (Å²) in [4.78, 5) is 12.8. The molecule has 45 heavy (non-hydrogen) atoms. The summed E-state index contributed by atoms with van der Waals surface area (Å²) in [6.45, 7) is 0. The monoisotopic (exact) mass is 639 g/mol. The van der Waals surface area contributed by atoms with Gasteiger partial charge in [-0.15, -0.1) is 0 Å². The fourth-order valence-electron chi connectivity index (χ4n) is 7.34. The van der Waals surface area contributed by atoms with Crippen molar-refractivity contribution in [1.29, 1.82) is 0 Å². The van der Waals surface area contributed by atoms with Crippen LogP contribution in [0.5, 0.6) is 0 Å². The van der Waals surface area contributed by atoms with E-state index in [1.54, 1.807) is 0 Å². The summed E-state index contributed by atoms with van der Waals surface area (Å²) in [5.41, 5.74) is 13.0. The first-order valence-electron chi connectivity index (χ1n) is 15.1. The normalized spacial score (nSPS) is 13.6. The maximum absolute atomic E-state index is 5.28. The number of para-hydroxylation sites is 2. The Morgan fingerprint density at radius 3 is 1.53 bits per heavy atom. The van der Waals surface area contributed by atoms with Gasteiger partial charge in [-0.05, 0) is 63.7 Å². The van der Waals surface area contributed by atoms with Gasteiger partial charge in [0.15, 0.2) is 0 Å². The minimum absolute atomic E-state index is 0.501. The first kappa shape index (κ1) is 26.1. The Labute approximate surface area is 270 Å². The third-order valence-electron chi connectivity index (χ3n) is 9.16. The van der Waals surface area contributed by atoms with Crippen LogP contribution in [0.15, 0.2) is 162 Å². The van der Waals surface area contributed by atoms with E-state index in [1.165, 1.54) is 33.4 Å². The molecule has 2 aliphatic rings. The number of halogens is 1. The molecule has 1 spiro atoms. The maximum atomic E-state index is 5.28. The molecular weight excluding hydrogens is 614 g/mol. The molecular formula is C41H26BrN3. The quantitative estimate of drug-likeness (QED) is 0.192. The molecule has 9 rings (SSSR count). The van der Waals surface area contributed by atoms with E-state index in [9.17, 15) is 0 Å². The van der Waals surface area contributed by atoms with E-state index in [-0.39, 0.29) is 0 Å². The minimum Gasteiger partial charge on any atom is -0.278 e. The number of aromatic nitrogens is 2. The molecule has 0 fully saturated rings. The molecule has 6 aromatic carbocycles. The number of hydrogen-bond acceptors (Lipinski definition) is 3. The van der Waals surface area contributed by atoms with Crippen molar-refractivity contribution in [2.24, 2.45) is 0 Å². The third kappa shape index (κ3) is 3.82. The number of nitrogens with zero attached hydrogens (tertiary/aromatic N) is 3. The van der Waals surface area contributed by atoms with Gasteiger partial charge in [0.05, 0.1) is 28.2 Å². The fourth-order valence-corrected chi connectivity index (χ4v) is 7.70. The van der Waals surface area contributed by atoms with Crippen LogP contribution in [0.2, 0.25) is 0 Å². The largest absolute Gasteiger partial charge is 0.278 e. The molecule has 0 radical (unpaired) electrons. The molecule has 0 unspecified atom stereocenters. The summed E-state index contributed by atoms with van der Waals surface area (Å²) in [5.74, 6) is 0.644. The zero-order valence-corrected chi connectivity index (χ0v) is 25.8. The first-order valence-corrected chi connectivity index (χ1v) is 15.9. The van der Waals surface area contributed by atoms with Gasteiger partial charge in [0.25, 0.3) is 0 Å². The smallest absolute Gasteiger partial charge is 0.235 e. The number of benzene rings is 6. The number of hydrogen-bond donors (Lipinski definition) is 0. The maximum Gasteiger partial charge on any atom is 0.235 e. The highest BCUT2D eigenvalue weighted by Gasteiger charge is 2.52. The van der Waals surface area contributed by atoms with Crippen molar-refractivity contribution in [3.63, 3.8) is 0 Å². The van der Waals surface area contributed by atoms with Crippen LogP contribution in [0.25, 0.3) is 33.6 Å². The van der Waals surface area contributed by atoms with E-state index >= 15 is 0 Å². The molecule has 0 saturated carbocycles. The number of fused-ring (bicyclic) bond motifs is 9. The number of rotatable bonds is 3. The van der Waals surface area contributed by atoms with Crippen LogP contribution in [-0.4, -0.2) is 9.97 Å². The third-order valence-corrected chi connectivity index (χ3v) is 9.65. The van der Waals surface area contributed by atoms with Gasteiger partial charge >= 0.3 is 0 Å². The van der Waals surface area contributed by atoms with Gasteiger partial charge in [-0.3, -0.25) is 4.90 Å². The Balaban J connectivity index is 1.37. The van der Waals surface area contributed by atoms with Gasteiger partial charge in [-0.2, -0.15) is 0 Å². The minimum atomic E-state index is -0.501. The van der Waals surface area contributed by atoms with E-state index in [0.717, 1.165) is 38.4 Å². The second-order valence-electron chi connectivity index (χ2n) is 11.5. The Morgan fingerprint density at radius 2 is 0.933 bits per heavy atom. The van der Waals surface area contributed by atoms with Gasteiger partial charge in [-0.1, -0.05) is 143 Å². The first-order chi connectivity index (χ1) is 22.2. The Hall–Kier alpha value is -5.32. The van der Waals surface area contributed by atoms with E-state index in [0.29, 0.717) is 5.95 Å². The fraction of sp³-hybridized carbons (Fsp3) is 0.0244. The van der Waals surface area contributed by atoms with E-state index in [4.69, 9.17) is 9.97 Å².